The second-order valence-electron chi connectivity index (χ2n) is 27.3. The van der Waals surface area contributed by atoms with Gasteiger partial charge in [0.15, 0.2) is 0 Å². The van der Waals surface area contributed by atoms with Crippen LogP contribution in [-0.2, 0) is 32.2 Å². The van der Waals surface area contributed by atoms with E-state index in [0.717, 1.165) is 29.2 Å². The molecule has 1 unspecified atom stereocenters. The summed E-state index contributed by atoms with van der Waals surface area (Å²) >= 11 is 2.02. The van der Waals surface area contributed by atoms with E-state index in [1.54, 1.807) is 0 Å². The first-order valence-electron chi connectivity index (χ1n) is 28.1. The van der Waals surface area contributed by atoms with Crippen LogP contribution in [0.25, 0.3) is 21.2 Å². The fourth-order valence-electron chi connectivity index (χ4n) is 13.9. The van der Waals surface area contributed by atoms with Gasteiger partial charge in [0.1, 0.15) is 0 Å². The summed E-state index contributed by atoms with van der Waals surface area (Å²) in [6.07, 6.45) is 8.35. The molecule has 1 atom stereocenters. The van der Waals surface area contributed by atoms with Crippen LogP contribution in [0, 0.1) is 5.41 Å². The Hall–Kier alpha value is -6.60. The Balaban J connectivity index is 1.08. The average molecular weight is 1030 g/mol. The molecule has 7 aromatic carbocycles. The SMILES string of the molecule is CC(C)(C)C1=CCC(N2c3cccc4c3B(c3ccc(N(c5ccc(C(C)(C)C)cc5)c5ccc(C(C)(C)C)cc5)cc3N4c3ccc4c(c3)C(C)(C)OC4(C)C)c3sc4cc5c(cc4c32)-c2ccccc2C5(C)C)C=C1. The standard InChI is InChI=1S/C71H74BN3OS/c1-66(2,3)43-23-29-46(30-24-43)73(47-31-25-44(26-32-47)67(4,5)6)50-36-38-58-61(40-50)74(49-35-37-55-57(39-49)71(14,15)76-70(55,12)13)59-21-18-22-60-63(59)72(58)65-64(75(60)48-33-27-45(28-34-48)68(7,8)9)53-41-52-51-19-16-17-20-54(51)69(10,11)56(52)42-62(53)77-65/h16-33,35-42,48H,34H2,1-15H3. The zero-order chi connectivity index (χ0) is 54.1. The van der Waals surface area contributed by atoms with Crippen molar-refractivity contribution in [3.05, 3.63) is 197 Å². The molecule has 8 aromatic rings. The Kier molecular flexibility index (Phi) is 10.8. The van der Waals surface area contributed by atoms with E-state index in [4.69, 9.17) is 4.74 Å². The fraction of sp³-hybridized carbons (Fsp3) is 0.324. The van der Waals surface area contributed by atoms with Gasteiger partial charge in [0.25, 0.3) is 6.71 Å². The Morgan fingerprint density at radius 3 is 1.84 bits per heavy atom. The summed E-state index contributed by atoms with van der Waals surface area (Å²) in [6.45, 7) is 34.5. The monoisotopic (exact) mass is 1030 g/mol. The average Bonchev–Trinajstić information content (AvgIpc) is 4.11. The first-order chi connectivity index (χ1) is 36.3. The van der Waals surface area contributed by atoms with E-state index in [2.05, 4.69) is 276 Å². The Morgan fingerprint density at radius 2 is 1.21 bits per heavy atom. The fourth-order valence-corrected chi connectivity index (χ4v) is 15.2. The number of thiophene rings is 1. The molecule has 2 aliphatic carbocycles. The van der Waals surface area contributed by atoms with Crippen LogP contribution in [0.3, 0.4) is 0 Å². The van der Waals surface area contributed by atoms with Crippen LogP contribution in [-0.4, -0.2) is 12.8 Å². The van der Waals surface area contributed by atoms with Crippen LogP contribution >= 0.6 is 11.3 Å². The van der Waals surface area contributed by atoms with Gasteiger partial charge in [-0.3, -0.25) is 0 Å². The summed E-state index contributed by atoms with van der Waals surface area (Å²) in [5, 5.41) is 1.35. The van der Waals surface area contributed by atoms with E-state index in [0.29, 0.717) is 0 Å². The van der Waals surface area contributed by atoms with Crippen LogP contribution in [0.5, 0.6) is 0 Å². The van der Waals surface area contributed by atoms with Crippen LogP contribution in [0.4, 0.5) is 45.5 Å². The lowest BCUT2D eigenvalue weighted by molar-refractivity contribution is -0.105. The van der Waals surface area contributed by atoms with Gasteiger partial charge in [-0.15, -0.1) is 11.3 Å². The second-order valence-corrected chi connectivity index (χ2v) is 28.4. The molecule has 4 heterocycles. The van der Waals surface area contributed by atoms with E-state index in [1.807, 2.05) is 11.3 Å². The lowest BCUT2D eigenvalue weighted by Gasteiger charge is -2.45. The van der Waals surface area contributed by atoms with Gasteiger partial charge < -0.3 is 19.4 Å². The Labute approximate surface area is 463 Å². The van der Waals surface area contributed by atoms with Gasteiger partial charge in [-0.1, -0.05) is 161 Å². The topological polar surface area (TPSA) is 19.0 Å². The highest BCUT2D eigenvalue weighted by Crippen LogP contribution is 2.55. The smallest absolute Gasteiger partial charge is 0.264 e. The summed E-state index contributed by atoms with van der Waals surface area (Å²) in [4.78, 5) is 7.81. The number of fused-ring (bicyclic) bond motifs is 10. The molecule has 4 nitrogen and oxygen atoms in total. The number of nitrogens with zero attached hydrogens (tertiary/aromatic N) is 3. The normalized spacial score (nSPS) is 18.4. The molecule has 0 bridgehead atoms. The quantitative estimate of drug-likeness (QED) is 0.160. The molecule has 6 heteroatoms. The maximum Gasteiger partial charge on any atom is 0.264 e. The lowest BCUT2D eigenvalue weighted by atomic mass is 9.36. The third kappa shape index (κ3) is 7.70. The highest BCUT2D eigenvalue weighted by atomic mass is 32.1. The van der Waals surface area contributed by atoms with Gasteiger partial charge in [-0.2, -0.15) is 0 Å². The van der Waals surface area contributed by atoms with Crippen molar-refractivity contribution in [2.75, 3.05) is 14.7 Å². The van der Waals surface area contributed by atoms with E-state index < -0.39 is 11.2 Å². The molecule has 0 fully saturated rings. The maximum atomic E-state index is 6.85. The van der Waals surface area contributed by atoms with Crippen LogP contribution in [0.2, 0.25) is 0 Å². The first kappa shape index (κ1) is 49.9. The van der Waals surface area contributed by atoms with Crippen LogP contribution in [0.15, 0.2) is 163 Å². The highest BCUT2D eigenvalue weighted by molar-refractivity contribution is 7.33. The van der Waals surface area contributed by atoms with Crippen LogP contribution in [0.1, 0.15) is 144 Å². The molecular weight excluding hydrogens is 954 g/mol. The lowest BCUT2D eigenvalue weighted by Crippen LogP contribution is -2.61. The van der Waals surface area contributed by atoms with E-state index in [-0.39, 0.29) is 34.4 Å². The van der Waals surface area contributed by atoms with Crippen molar-refractivity contribution in [1.82, 2.24) is 0 Å². The summed E-state index contributed by atoms with van der Waals surface area (Å²) in [5.41, 5.74) is 23.5. The number of hydrogen-bond acceptors (Lipinski definition) is 5. The predicted octanol–water partition coefficient (Wildman–Crippen LogP) is 17.8. The third-order valence-electron chi connectivity index (χ3n) is 17.9. The molecule has 0 saturated heterocycles. The molecule has 0 amide bonds. The molecule has 0 N–H and O–H groups in total. The van der Waals surface area contributed by atoms with Crippen molar-refractivity contribution >= 4 is 89.3 Å². The maximum absolute atomic E-state index is 6.85. The van der Waals surface area contributed by atoms with Crippen molar-refractivity contribution in [3.63, 3.8) is 0 Å². The van der Waals surface area contributed by atoms with E-state index in [9.17, 15) is 0 Å². The molecule has 1 aromatic heterocycles. The van der Waals surface area contributed by atoms with Gasteiger partial charge in [-0.05, 0) is 184 Å². The Morgan fingerprint density at radius 1 is 0.571 bits per heavy atom. The van der Waals surface area contributed by atoms with E-state index in [1.165, 1.54) is 98.6 Å². The van der Waals surface area contributed by atoms with Gasteiger partial charge >= 0.3 is 0 Å². The van der Waals surface area contributed by atoms with Crippen molar-refractivity contribution in [1.29, 1.82) is 0 Å². The number of anilines is 8. The number of ether oxygens (including phenoxy) is 1. The van der Waals surface area contributed by atoms with Crippen molar-refractivity contribution in [2.45, 2.75) is 144 Å². The van der Waals surface area contributed by atoms with Crippen molar-refractivity contribution < 1.29 is 4.74 Å². The minimum Gasteiger partial charge on any atom is -0.360 e. The number of hydrogen-bond donors (Lipinski definition) is 0. The number of benzene rings is 7. The third-order valence-corrected chi connectivity index (χ3v) is 19.1. The zero-order valence-electron chi connectivity index (χ0n) is 48.0. The number of allylic oxidation sites excluding steroid dienone is 2. The first-order valence-corrected chi connectivity index (χ1v) is 29.0. The zero-order valence-corrected chi connectivity index (χ0v) is 48.8. The summed E-state index contributed by atoms with van der Waals surface area (Å²) in [7, 11) is 0. The molecule has 77 heavy (non-hydrogen) atoms. The van der Waals surface area contributed by atoms with Gasteiger partial charge in [0, 0.05) is 60.1 Å². The summed E-state index contributed by atoms with van der Waals surface area (Å²) in [6, 6.07) is 54.5. The highest BCUT2D eigenvalue weighted by Gasteiger charge is 2.48. The van der Waals surface area contributed by atoms with Gasteiger partial charge in [-0.25, -0.2) is 0 Å². The molecule has 5 aliphatic rings. The summed E-state index contributed by atoms with van der Waals surface area (Å²) < 4.78 is 9.63. The summed E-state index contributed by atoms with van der Waals surface area (Å²) in [5.74, 6) is 0. The van der Waals surface area contributed by atoms with Crippen LogP contribution < -0.4 is 30.4 Å². The minimum absolute atomic E-state index is 0.00717. The molecule has 13 rings (SSSR count). The molecule has 0 saturated carbocycles. The van der Waals surface area contributed by atoms with E-state index >= 15 is 0 Å². The Bertz CT molecular complexity index is 3750. The predicted molar refractivity (Wildman–Crippen MR) is 332 cm³/mol. The van der Waals surface area contributed by atoms with Gasteiger partial charge in [0.2, 0.25) is 0 Å². The largest absolute Gasteiger partial charge is 0.360 e. The molecule has 0 radical (unpaired) electrons. The molecule has 388 valence electrons. The molecule has 3 aliphatic heterocycles. The minimum atomic E-state index is -0.464. The van der Waals surface area contributed by atoms with Crippen molar-refractivity contribution in [3.8, 4) is 11.1 Å². The molecular formula is C71H74BN3OS. The van der Waals surface area contributed by atoms with Gasteiger partial charge in [0.05, 0.1) is 22.9 Å². The molecule has 0 spiro atoms. The van der Waals surface area contributed by atoms with Crippen molar-refractivity contribution in [2.24, 2.45) is 5.41 Å². The second kappa shape index (κ2) is 16.7. The number of rotatable bonds is 5.